The third kappa shape index (κ3) is 3.00. The molecular weight excluding hydrogens is 224 g/mol. The Kier molecular flexibility index (Phi) is 4.55. The lowest BCUT2D eigenvalue weighted by Crippen LogP contribution is -2.43. The summed E-state index contributed by atoms with van der Waals surface area (Å²) in [6.45, 7) is 6.30. The third-order valence-electron chi connectivity index (χ3n) is 3.91. The summed E-state index contributed by atoms with van der Waals surface area (Å²) >= 11 is 0. The maximum absolute atomic E-state index is 5.65. The summed E-state index contributed by atoms with van der Waals surface area (Å²) in [5.41, 5.74) is 6.61. The van der Waals surface area contributed by atoms with Crippen LogP contribution in [0.4, 0.5) is 5.82 Å². The summed E-state index contributed by atoms with van der Waals surface area (Å²) < 4.78 is 0. The Morgan fingerprint density at radius 2 is 2.11 bits per heavy atom. The molecule has 1 saturated heterocycles. The first-order chi connectivity index (χ1) is 8.74. The number of nitrogens with two attached hydrogens (primary N) is 1. The molecule has 0 aromatic carbocycles. The lowest BCUT2D eigenvalue weighted by Gasteiger charge is -2.37. The SMILES string of the molecule is CCN1CCC(N(C)c2cccc(CN)n2)CC1. The van der Waals surface area contributed by atoms with Crippen molar-refractivity contribution >= 4 is 5.82 Å². The molecule has 4 heteroatoms. The van der Waals surface area contributed by atoms with Crippen LogP contribution in [-0.2, 0) is 6.54 Å². The van der Waals surface area contributed by atoms with Gasteiger partial charge in [-0.1, -0.05) is 13.0 Å². The van der Waals surface area contributed by atoms with Gasteiger partial charge in [0.2, 0.25) is 0 Å². The molecule has 100 valence electrons. The molecule has 1 aliphatic heterocycles. The van der Waals surface area contributed by atoms with E-state index in [2.05, 4.69) is 34.8 Å². The number of hydrogen-bond acceptors (Lipinski definition) is 4. The summed E-state index contributed by atoms with van der Waals surface area (Å²) in [7, 11) is 2.15. The van der Waals surface area contributed by atoms with Crippen LogP contribution in [0.2, 0.25) is 0 Å². The van der Waals surface area contributed by atoms with E-state index >= 15 is 0 Å². The number of rotatable bonds is 4. The second-order valence-electron chi connectivity index (χ2n) is 4.97. The van der Waals surface area contributed by atoms with Gasteiger partial charge in [-0.2, -0.15) is 0 Å². The van der Waals surface area contributed by atoms with Crippen molar-refractivity contribution in [1.82, 2.24) is 9.88 Å². The molecule has 2 heterocycles. The Hall–Kier alpha value is -1.13. The van der Waals surface area contributed by atoms with Crippen LogP contribution in [-0.4, -0.2) is 42.6 Å². The average Bonchev–Trinajstić information content (AvgIpc) is 2.46. The number of anilines is 1. The Morgan fingerprint density at radius 1 is 1.39 bits per heavy atom. The van der Waals surface area contributed by atoms with Crippen molar-refractivity contribution in [1.29, 1.82) is 0 Å². The number of pyridine rings is 1. The van der Waals surface area contributed by atoms with Gasteiger partial charge in [-0.15, -0.1) is 0 Å². The van der Waals surface area contributed by atoms with Crippen LogP contribution in [0.5, 0.6) is 0 Å². The van der Waals surface area contributed by atoms with E-state index in [9.17, 15) is 0 Å². The van der Waals surface area contributed by atoms with Crippen molar-refractivity contribution in [3.63, 3.8) is 0 Å². The molecule has 0 bridgehead atoms. The smallest absolute Gasteiger partial charge is 0.128 e. The third-order valence-corrected chi connectivity index (χ3v) is 3.91. The molecule has 0 aliphatic carbocycles. The van der Waals surface area contributed by atoms with E-state index in [0.29, 0.717) is 12.6 Å². The molecule has 0 atom stereocenters. The Bertz CT molecular complexity index is 372. The highest BCUT2D eigenvalue weighted by molar-refractivity contribution is 5.39. The van der Waals surface area contributed by atoms with Gasteiger partial charge in [0.15, 0.2) is 0 Å². The number of nitrogens with zero attached hydrogens (tertiary/aromatic N) is 3. The maximum Gasteiger partial charge on any atom is 0.128 e. The van der Waals surface area contributed by atoms with Crippen LogP contribution in [0, 0.1) is 0 Å². The molecule has 2 N–H and O–H groups in total. The van der Waals surface area contributed by atoms with Gasteiger partial charge in [-0.25, -0.2) is 4.98 Å². The zero-order chi connectivity index (χ0) is 13.0. The van der Waals surface area contributed by atoms with Gasteiger partial charge in [0.05, 0.1) is 5.69 Å². The Balaban J connectivity index is 2.00. The quantitative estimate of drug-likeness (QED) is 0.876. The Labute approximate surface area is 110 Å². The van der Waals surface area contributed by atoms with Gasteiger partial charge >= 0.3 is 0 Å². The monoisotopic (exact) mass is 248 g/mol. The van der Waals surface area contributed by atoms with Gasteiger partial charge in [-0.3, -0.25) is 0 Å². The Morgan fingerprint density at radius 3 is 2.72 bits per heavy atom. The van der Waals surface area contributed by atoms with Crippen molar-refractivity contribution in [2.45, 2.75) is 32.4 Å². The van der Waals surface area contributed by atoms with Gasteiger partial charge in [0.25, 0.3) is 0 Å². The summed E-state index contributed by atoms with van der Waals surface area (Å²) in [4.78, 5) is 9.41. The van der Waals surface area contributed by atoms with Crippen molar-refractivity contribution in [2.24, 2.45) is 5.73 Å². The number of aromatic nitrogens is 1. The minimum absolute atomic E-state index is 0.510. The van der Waals surface area contributed by atoms with E-state index in [4.69, 9.17) is 5.73 Å². The van der Waals surface area contributed by atoms with E-state index in [1.165, 1.54) is 25.9 Å². The molecule has 0 unspecified atom stereocenters. The van der Waals surface area contributed by atoms with E-state index < -0.39 is 0 Å². The largest absolute Gasteiger partial charge is 0.357 e. The second-order valence-corrected chi connectivity index (χ2v) is 4.97. The summed E-state index contributed by atoms with van der Waals surface area (Å²) in [6, 6.07) is 6.71. The standard InChI is InChI=1S/C14H24N4/c1-3-18-9-7-13(8-10-18)17(2)14-6-4-5-12(11-15)16-14/h4-6,13H,3,7-11,15H2,1-2H3. The summed E-state index contributed by atoms with van der Waals surface area (Å²) in [5.74, 6) is 1.05. The predicted molar refractivity (Wildman–Crippen MR) is 75.7 cm³/mol. The highest BCUT2D eigenvalue weighted by Gasteiger charge is 2.22. The van der Waals surface area contributed by atoms with Crippen LogP contribution >= 0.6 is 0 Å². The van der Waals surface area contributed by atoms with Crippen molar-refractivity contribution in [3.8, 4) is 0 Å². The van der Waals surface area contributed by atoms with Crippen molar-refractivity contribution < 1.29 is 0 Å². The van der Waals surface area contributed by atoms with E-state index in [1.807, 2.05) is 12.1 Å². The van der Waals surface area contributed by atoms with Gasteiger partial charge in [0, 0.05) is 32.7 Å². The molecule has 18 heavy (non-hydrogen) atoms. The highest BCUT2D eigenvalue weighted by atomic mass is 15.2. The molecular formula is C14H24N4. The fourth-order valence-electron chi connectivity index (χ4n) is 2.59. The minimum atomic E-state index is 0.510. The van der Waals surface area contributed by atoms with Crippen LogP contribution in [0.15, 0.2) is 18.2 Å². The average molecular weight is 248 g/mol. The summed E-state index contributed by atoms with van der Waals surface area (Å²) in [5, 5.41) is 0. The van der Waals surface area contributed by atoms with Gasteiger partial charge in [0.1, 0.15) is 5.82 Å². The molecule has 2 rings (SSSR count). The summed E-state index contributed by atoms with van der Waals surface area (Å²) in [6.07, 6.45) is 2.44. The molecule has 0 radical (unpaired) electrons. The molecule has 1 fully saturated rings. The lowest BCUT2D eigenvalue weighted by atomic mass is 10.0. The number of piperidine rings is 1. The van der Waals surface area contributed by atoms with Crippen LogP contribution in [0.1, 0.15) is 25.5 Å². The molecule has 1 aromatic heterocycles. The van der Waals surface area contributed by atoms with Crippen LogP contribution in [0.25, 0.3) is 0 Å². The predicted octanol–water partition coefficient (Wildman–Crippen LogP) is 1.46. The second kappa shape index (κ2) is 6.16. The first-order valence-electron chi connectivity index (χ1n) is 6.85. The maximum atomic E-state index is 5.65. The molecule has 0 saturated carbocycles. The molecule has 0 spiro atoms. The molecule has 0 amide bonds. The van der Waals surface area contributed by atoms with E-state index in [-0.39, 0.29) is 0 Å². The normalized spacial score (nSPS) is 17.9. The van der Waals surface area contributed by atoms with Crippen LogP contribution < -0.4 is 10.6 Å². The van der Waals surface area contributed by atoms with Crippen molar-refractivity contribution in [3.05, 3.63) is 23.9 Å². The number of hydrogen-bond donors (Lipinski definition) is 1. The first kappa shape index (κ1) is 13.3. The highest BCUT2D eigenvalue weighted by Crippen LogP contribution is 2.20. The van der Waals surface area contributed by atoms with E-state index in [1.54, 1.807) is 0 Å². The van der Waals surface area contributed by atoms with Crippen molar-refractivity contribution in [2.75, 3.05) is 31.6 Å². The van der Waals surface area contributed by atoms with Crippen LogP contribution in [0.3, 0.4) is 0 Å². The van der Waals surface area contributed by atoms with E-state index in [0.717, 1.165) is 18.1 Å². The molecule has 1 aliphatic rings. The van der Waals surface area contributed by atoms with Gasteiger partial charge < -0.3 is 15.5 Å². The van der Waals surface area contributed by atoms with Gasteiger partial charge in [-0.05, 0) is 31.5 Å². The zero-order valence-corrected chi connectivity index (χ0v) is 11.5. The fraction of sp³-hybridized carbons (Fsp3) is 0.643. The minimum Gasteiger partial charge on any atom is -0.357 e. The zero-order valence-electron chi connectivity index (χ0n) is 11.5. The topological polar surface area (TPSA) is 45.4 Å². The molecule has 4 nitrogen and oxygen atoms in total. The molecule has 1 aromatic rings. The number of likely N-dealkylation sites (tertiary alicyclic amines) is 1. The lowest BCUT2D eigenvalue weighted by molar-refractivity contribution is 0.220. The first-order valence-corrected chi connectivity index (χ1v) is 6.85. The fourth-order valence-corrected chi connectivity index (χ4v) is 2.59.